The van der Waals surface area contributed by atoms with E-state index in [1.54, 1.807) is 29.9 Å². The molecule has 2 aromatic rings. The SMILES string of the molecule is Cc1cn(C)nc1NC(=O)NCCCCNc1cccc2c1C(=O)N(C1CCC(=O)NC1=O)C2=O. The molecule has 12 nitrogen and oxygen atoms in total. The molecule has 6 amide bonds. The van der Waals surface area contributed by atoms with Gasteiger partial charge >= 0.3 is 6.03 Å². The van der Waals surface area contributed by atoms with Crippen molar-refractivity contribution in [2.24, 2.45) is 7.05 Å². The summed E-state index contributed by atoms with van der Waals surface area (Å²) < 4.78 is 1.62. The zero-order valence-electron chi connectivity index (χ0n) is 19.5. The summed E-state index contributed by atoms with van der Waals surface area (Å²) in [6.45, 7) is 2.82. The van der Waals surface area contributed by atoms with Crippen LogP contribution in [0.25, 0.3) is 0 Å². The number of nitrogens with zero attached hydrogens (tertiary/aromatic N) is 3. The van der Waals surface area contributed by atoms with Gasteiger partial charge in [0.05, 0.1) is 11.1 Å². The zero-order valence-corrected chi connectivity index (χ0v) is 19.5. The predicted octanol–water partition coefficient (Wildman–Crippen LogP) is 1.14. The van der Waals surface area contributed by atoms with Gasteiger partial charge in [0.1, 0.15) is 6.04 Å². The lowest BCUT2D eigenvalue weighted by atomic mass is 10.0. The van der Waals surface area contributed by atoms with Gasteiger partial charge in [-0.25, -0.2) is 4.79 Å². The Bertz CT molecular complexity index is 1200. The quantitative estimate of drug-likeness (QED) is 0.326. The summed E-state index contributed by atoms with van der Waals surface area (Å²) >= 11 is 0. The Balaban J connectivity index is 1.27. The first kappa shape index (κ1) is 23.9. The van der Waals surface area contributed by atoms with Crippen molar-refractivity contribution in [1.29, 1.82) is 0 Å². The van der Waals surface area contributed by atoms with Crippen molar-refractivity contribution in [3.05, 3.63) is 41.1 Å². The van der Waals surface area contributed by atoms with Crippen LogP contribution in [-0.2, 0) is 16.6 Å². The van der Waals surface area contributed by atoms with Crippen molar-refractivity contribution < 1.29 is 24.0 Å². The van der Waals surface area contributed by atoms with Gasteiger partial charge in [-0.3, -0.25) is 39.4 Å². The van der Waals surface area contributed by atoms with Crippen molar-refractivity contribution >= 4 is 41.2 Å². The van der Waals surface area contributed by atoms with Crippen molar-refractivity contribution in [3.8, 4) is 0 Å². The molecule has 35 heavy (non-hydrogen) atoms. The van der Waals surface area contributed by atoms with Crippen LogP contribution in [0, 0.1) is 6.92 Å². The molecule has 1 atom stereocenters. The van der Waals surface area contributed by atoms with E-state index in [0.29, 0.717) is 37.4 Å². The van der Waals surface area contributed by atoms with Gasteiger partial charge < -0.3 is 10.6 Å². The van der Waals surface area contributed by atoms with Crippen LogP contribution in [0.15, 0.2) is 24.4 Å². The number of nitrogens with one attached hydrogen (secondary N) is 4. The van der Waals surface area contributed by atoms with E-state index in [9.17, 15) is 24.0 Å². The van der Waals surface area contributed by atoms with Crippen molar-refractivity contribution in [3.63, 3.8) is 0 Å². The standard InChI is InChI=1S/C23H27N7O5/c1-13-12-29(2)28-19(13)27-23(35)25-11-4-3-10-24-15-7-5-6-14-18(15)22(34)30(21(14)33)16-8-9-17(31)26-20(16)32/h5-7,12,16,24H,3-4,8-11H2,1-2H3,(H,26,31,32)(H2,25,27,28,35). The molecule has 1 aromatic heterocycles. The lowest BCUT2D eigenvalue weighted by Crippen LogP contribution is -2.54. The second-order valence-electron chi connectivity index (χ2n) is 8.52. The number of urea groups is 1. The minimum Gasteiger partial charge on any atom is -0.384 e. The molecular weight excluding hydrogens is 454 g/mol. The van der Waals surface area contributed by atoms with Crippen molar-refractivity contribution in [1.82, 2.24) is 25.3 Å². The van der Waals surface area contributed by atoms with E-state index in [1.807, 2.05) is 13.1 Å². The molecule has 1 unspecified atom stereocenters. The van der Waals surface area contributed by atoms with Gasteiger partial charge in [0.15, 0.2) is 5.82 Å². The van der Waals surface area contributed by atoms with Crippen LogP contribution in [0.4, 0.5) is 16.3 Å². The number of benzene rings is 1. The van der Waals surface area contributed by atoms with Crippen LogP contribution in [0.1, 0.15) is 52.0 Å². The van der Waals surface area contributed by atoms with Gasteiger partial charge in [0.2, 0.25) is 11.8 Å². The van der Waals surface area contributed by atoms with E-state index in [2.05, 4.69) is 26.4 Å². The van der Waals surface area contributed by atoms with Gasteiger partial charge in [-0.1, -0.05) is 6.07 Å². The fraction of sp³-hybridized carbons (Fsp3) is 0.391. The molecule has 1 saturated heterocycles. The summed E-state index contributed by atoms with van der Waals surface area (Å²) in [5.74, 6) is -1.63. The molecule has 2 aliphatic heterocycles. The highest BCUT2D eigenvalue weighted by Gasteiger charge is 2.45. The third-order valence-electron chi connectivity index (χ3n) is 5.92. The Hall–Kier alpha value is -4.22. The topological polar surface area (TPSA) is 155 Å². The number of anilines is 2. The highest BCUT2D eigenvalue weighted by Crippen LogP contribution is 2.32. The number of hydrogen-bond acceptors (Lipinski definition) is 7. The Morgan fingerprint density at radius 1 is 1.14 bits per heavy atom. The van der Waals surface area contributed by atoms with Crippen LogP contribution >= 0.6 is 0 Å². The van der Waals surface area contributed by atoms with E-state index >= 15 is 0 Å². The summed E-state index contributed by atoms with van der Waals surface area (Å²) in [5, 5.41) is 15.0. The number of carbonyl (C=O) groups is 5. The monoisotopic (exact) mass is 481 g/mol. The molecule has 3 heterocycles. The maximum Gasteiger partial charge on any atom is 0.320 e. The van der Waals surface area contributed by atoms with Crippen LogP contribution in [0.5, 0.6) is 0 Å². The number of aryl methyl sites for hydroxylation is 2. The van der Waals surface area contributed by atoms with Crippen molar-refractivity contribution in [2.45, 2.75) is 38.6 Å². The number of imide groups is 2. The molecule has 0 saturated carbocycles. The molecule has 0 spiro atoms. The summed E-state index contributed by atoms with van der Waals surface area (Å²) in [7, 11) is 1.78. The van der Waals surface area contributed by atoms with Crippen LogP contribution in [0.3, 0.4) is 0 Å². The van der Waals surface area contributed by atoms with Gasteiger partial charge in [-0.2, -0.15) is 5.10 Å². The highest BCUT2D eigenvalue weighted by molar-refractivity contribution is 6.25. The number of aromatic nitrogens is 2. The summed E-state index contributed by atoms with van der Waals surface area (Å²) in [5.41, 5.74) is 1.83. The number of amides is 6. The average molecular weight is 482 g/mol. The molecule has 1 fully saturated rings. The molecule has 4 N–H and O–H groups in total. The van der Waals surface area contributed by atoms with Crippen LogP contribution in [0.2, 0.25) is 0 Å². The van der Waals surface area contributed by atoms with Crippen LogP contribution in [-0.4, -0.2) is 63.5 Å². The fourth-order valence-corrected chi connectivity index (χ4v) is 4.22. The maximum absolute atomic E-state index is 13.1. The van der Waals surface area contributed by atoms with E-state index in [-0.39, 0.29) is 30.0 Å². The third kappa shape index (κ3) is 5.00. The Morgan fingerprint density at radius 3 is 2.63 bits per heavy atom. The minimum atomic E-state index is -1.000. The van der Waals surface area contributed by atoms with Crippen molar-refractivity contribution in [2.75, 3.05) is 23.7 Å². The molecule has 0 aliphatic carbocycles. The Morgan fingerprint density at radius 2 is 1.91 bits per heavy atom. The number of rotatable bonds is 8. The van der Waals surface area contributed by atoms with E-state index in [1.165, 1.54) is 0 Å². The lowest BCUT2D eigenvalue weighted by molar-refractivity contribution is -0.136. The fourth-order valence-electron chi connectivity index (χ4n) is 4.22. The van der Waals surface area contributed by atoms with E-state index in [0.717, 1.165) is 10.5 Å². The van der Waals surface area contributed by atoms with Crippen LogP contribution < -0.4 is 21.3 Å². The van der Waals surface area contributed by atoms with E-state index < -0.39 is 29.7 Å². The smallest absolute Gasteiger partial charge is 0.320 e. The number of piperidine rings is 1. The number of hydrogen-bond donors (Lipinski definition) is 4. The largest absolute Gasteiger partial charge is 0.384 e. The summed E-state index contributed by atoms with van der Waals surface area (Å²) in [6.07, 6.45) is 3.38. The average Bonchev–Trinajstić information content (AvgIpc) is 3.26. The first-order valence-corrected chi connectivity index (χ1v) is 11.4. The number of fused-ring (bicyclic) bond motifs is 1. The highest BCUT2D eigenvalue weighted by atomic mass is 16.2. The molecular formula is C23H27N7O5. The number of unbranched alkanes of at least 4 members (excludes halogenated alkanes) is 1. The number of carbonyl (C=O) groups excluding carboxylic acids is 5. The molecule has 0 bridgehead atoms. The molecule has 4 rings (SSSR count). The Kier molecular flexibility index (Phi) is 6.80. The maximum atomic E-state index is 13.1. The summed E-state index contributed by atoms with van der Waals surface area (Å²) in [6, 6.07) is 3.60. The van der Waals surface area contributed by atoms with Gasteiger partial charge in [0.25, 0.3) is 11.8 Å². The first-order valence-electron chi connectivity index (χ1n) is 11.4. The molecule has 2 aliphatic rings. The molecule has 1 aromatic carbocycles. The lowest BCUT2D eigenvalue weighted by Gasteiger charge is -2.27. The van der Waals surface area contributed by atoms with Gasteiger partial charge in [-0.05, 0) is 38.3 Å². The summed E-state index contributed by atoms with van der Waals surface area (Å²) in [4.78, 5) is 62.6. The zero-order chi connectivity index (χ0) is 25.1. The van der Waals surface area contributed by atoms with Gasteiger partial charge in [0, 0.05) is 44.0 Å². The van der Waals surface area contributed by atoms with Gasteiger partial charge in [-0.15, -0.1) is 0 Å². The third-order valence-corrected chi connectivity index (χ3v) is 5.92. The molecule has 184 valence electrons. The molecule has 0 radical (unpaired) electrons. The predicted molar refractivity (Wildman–Crippen MR) is 126 cm³/mol. The first-order chi connectivity index (χ1) is 16.8. The second kappa shape index (κ2) is 9.95. The Labute approximate surface area is 201 Å². The van der Waals surface area contributed by atoms with E-state index in [4.69, 9.17) is 0 Å². The normalized spacial score (nSPS) is 17.3. The second-order valence-corrected chi connectivity index (χ2v) is 8.52. The minimum absolute atomic E-state index is 0.0719. The molecule has 12 heteroatoms.